The second-order valence-electron chi connectivity index (χ2n) is 1.54. The summed E-state index contributed by atoms with van der Waals surface area (Å²) in [4.78, 5) is 23.2. The zero-order valence-corrected chi connectivity index (χ0v) is 5.27. The van der Waals surface area contributed by atoms with Crippen molar-refractivity contribution >= 4 is 5.97 Å². The minimum atomic E-state index is -1.57. The number of carbonyl (C=O) groups is 1. The Hall–Kier alpha value is -1.33. The van der Waals surface area contributed by atoms with E-state index < -0.39 is 17.2 Å². The van der Waals surface area contributed by atoms with E-state index in [9.17, 15) is 20.0 Å². The molecule has 0 aromatic heterocycles. The number of carboxylic acid groups (broad SMARTS) is 1. The zero-order valence-electron chi connectivity index (χ0n) is 5.27. The van der Waals surface area contributed by atoms with Gasteiger partial charge in [-0.05, 0) is 6.42 Å². The Labute approximate surface area is 56.5 Å². The molecule has 1 atom stereocenters. The van der Waals surface area contributed by atoms with Crippen LogP contribution in [0.4, 0.5) is 0 Å². The lowest BCUT2D eigenvalue weighted by Gasteiger charge is -2.11. The fourth-order valence-corrected chi connectivity index (χ4v) is 0.388. The first-order chi connectivity index (χ1) is 4.57. The summed E-state index contributed by atoms with van der Waals surface area (Å²) >= 11 is 0. The number of hydrogen-bond acceptors (Lipinski definition) is 5. The Kier molecular flexibility index (Phi) is 3.16. The topological polar surface area (TPSA) is 92.5 Å². The maximum atomic E-state index is 9.93. The van der Waals surface area contributed by atoms with Gasteiger partial charge < -0.3 is 14.7 Å². The van der Waals surface area contributed by atoms with Crippen molar-refractivity contribution in [3.05, 3.63) is 10.1 Å². The quantitative estimate of drug-likeness (QED) is 0.365. The SMILES string of the molecule is CCC(O[N+](=O)[O-])C(=O)[O-]. The highest BCUT2D eigenvalue weighted by molar-refractivity contribution is 5.69. The second kappa shape index (κ2) is 3.65. The van der Waals surface area contributed by atoms with Gasteiger partial charge in [0.15, 0.2) is 0 Å². The van der Waals surface area contributed by atoms with Gasteiger partial charge in [-0.15, -0.1) is 10.1 Å². The van der Waals surface area contributed by atoms with Crippen LogP contribution in [-0.4, -0.2) is 17.2 Å². The molecule has 0 saturated heterocycles. The summed E-state index contributed by atoms with van der Waals surface area (Å²) in [5, 5.41) is 18.3. The molecule has 0 heterocycles. The molecule has 6 nitrogen and oxygen atoms in total. The molecule has 0 rings (SSSR count). The zero-order chi connectivity index (χ0) is 8.15. The third kappa shape index (κ3) is 2.85. The van der Waals surface area contributed by atoms with E-state index in [-0.39, 0.29) is 6.42 Å². The molecule has 0 aliphatic rings. The smallest absolute Gasteiger partial charge is 0.295 e. The highest BCUT2D eigenvalue weighted by Gasteiger charge is 2.10. The van der Waals surface area contributed by atoms with E-state index in [1.165, 1.54) is 6.92 Å². The predicted octanol–water partition coefficient (Wildman–Crippen LogP) is -1.28. The van der Waals surface area contributed by atoms with Gasteiger partial charge >= 0.3 is 0 Å². The Morgan fingerprint density at radius 2 is 2.30 bits per heavy atom. The standard InChI is InChI=1S/C4H7NO5/c1-2-3(4(6)7)10-5(8)9/h3H,2H2,1H3,(H,6,7)/p-1. The minimum Gasteiger partial charge on any atom is -0.548 e. The van der Waals surface area contributed by atoms with E-state index in [1.807, 2.05) is 0 Å². The molecule has 0 aromatic carbocycles. The molecule has 6 heteroatoms. The number of aliphatic carboxylic acids is 1. The van der Waals surface area contributed by atoms with Crippen LogP contribution >= 0.6 is 0 Å². The summed E-state index contributed by atoms with van der Waals surface area (Å²) in [6.07, 6.45) is -1.43. The lowest BCUT2D eigenvalue weighted by atomic mass is 10.3. The summed E-state index contributed by atoms with van der Waals surface area (Å²) in [6, 6.07) is 0. The molecule has 0 aliphatic carbocycles. The first-order valence-electron chi connectivity index (χ1n) is 2.60. The molecule has 0 N–H and O–H groups in total. The summed E-state index contributed by atoms with van der Waals surface area (Å²) in [7, 11) is 0. The summed E-state index contributed by atoms with van der Waals surface area (Å²) in [5.74, 6) is -1.57. The minimum absolute atomic E-state index is 0.0172. The van der Waals surface area contributed by atoms with Crippen LogP contribution in [-0.2, 0) is 9.63 Å². The average Bonchev–Trinajstić information content (AvgIpc) is 1.81. The van der Waals surface area contributed by atoms with Gasteiger partial charge in [0.1, 0.15) is 6.10 Å². The molecule has 10 heavy (non-hydrogen) atoms. The highest BCUT2D eigenvalue weighted by atomic mass is 17.0. The van der Waals surface area contributed by atoms with Crippen LogP contribution in [0.2, 0.25) is 0 Å². The van der Waals surface area contributed by atoms with Crippen molar-refractivity contribution in [2.24, 2.45) is 0 Å². The molecule has 0 aliphatic heterocycles. The van der Waals surface area contributed by atoms with E-state index in [2.05, 4.69) is 4.84 Å². The van der Waals surface area contributed by atoms with Crippen LogP contribution in [0.1, 0.15) is 13.3 Å². The number of carboxylic acids is 1. The Bertz CT molecular complexity index is 145. The fraction of sp³-hybridized carbons (Fsp3) is 0.750. The van der Waals surface area contributed by atoms with Gasteiger partial charge in [-0.25, -0.2) is 0 Å². The molecule has 0 fully saturated rings. The van der Waals surface area contributed by atoms with Crippen molar-refractivity contribution in [3.63, 3.8) is 0 Å². The molecule has 58 valence electrons. The monoisotopic (exact) mass is 148 g/mol. The van der Waals surface area contributed by atoms with Gasteiger partial charge in [0.25, 0.3) is 5.09 Å². The maximum absolute atomic E-state index is 9.93. The first-order valence-corrected chi connectivity index (χ1v) is 2.60. The van der Waals surface area contributed by atoms with Crippen LogP contribution in [0.3, 0.4) is 0 Å². The summed E-state index contributed by atoms with van der Waals surface area (Å²) in [5.41, 5.74) is 0. The van der Waals surface area contributed by atoms with Gasteiger partial charge in [0, 0.05) is 0 Å². The van der Waals surface area contributed by atoms with Crippen molar-refractivity contribution in [3.8, 4) is 0 Å². The molecule has 0 bridgehead atoms. The lowest BCUT2D eigenvalue weighted by molar-refractivity contribution is -0.766. The van der Waals surface area contributed by atoms with E-state index in [0.717, 1.165) is 0 Å². The van der Waals surface area contributed by atoms with E-state index in [0.29, 0.717) is 0 Å². The Morgan fingerprint density at radius 1 is 1.80 bits per heavy atom. The Balaban J connectivity index is 3.83. The second-order valence-corrected chi connectivity index (χ2v) is 1.54. The summed E-state index contributed by atoms with van der Waals surface area (Å²) < 4.78 is 0. The molecule has 0 saturated carbocycles. The molecule has 0 amide bonds. The average molecular weight is 148 g/mol. The number of rotatable bonds is 4. The third-order valence-electron chi connectivity index (χ3n) is 0.847. The Morgan fingerprint density at radius 3 is 2.40 bits per heavy atom. The number of hydrogen-bond donors (Lipinski definition) is 0. The van der Waals surface area contributed by atoms with Gasteiger partial charge in [-0.2, -0.15) is 0 Å². The highest BCUT2D eigenvalue weighted by Crippen LogP contribution is 1.95. The van der Waals surface area contributed by atoms with Crippen molar-refractivity contribution in [1.29, 1.82) is 0 Å². The number of nitrogens with zero attached hydrogens (tertiary/aromatic N) is 1. The van der Waals surface area contributed by atoms with Gasteiger partial charge in [-0.1, -0.05) is 6.92 Å². The van der Waals surface area contributed by atoms with Crippen LogP contribution in [0, 0.1) is 10.1 Å². The van der Waals surface area contributed by atoms with E-state index in [1.54, 1.807) is 0 Å². The maximum Gasteiger partial charge on any atom is 0.295 e. The van der Waals surface area contributed by atoms with Gasteiger partial charge in [0.2, 0.25) is 0 Å². The van der Waals surface area contributed by atoms with Crippen LogP contribution < -0.4 is 5.11 Å². The molecule has 1 unspecified atom stereocenters. The van der Waals surface area contributed by atoms with Gasteiger partial charge in [0.05, 0.1) is 5.97 Å². The molecule has 0 spiro atoms. The largest absolute Gasteiger partial charge is 0.548 e. The van der Waals surface area contributed by atoms with Crippen molar-refractivity contribution in [2.75, 3.05) is 0 Å². The predicted molar refractivity (Wildman–Crippen MR) is 27.2 cm³/mol. The van der Waals surface area contributed by atoms with Crippen LogP contribution in [0.25, 0.3) is 0 Å². The lowest BCUT2D eigenvalue weighted by Crippen LogP contribution is -2.38. The van der Waals surface area contributed by atoms with Crippen LogP contribution in [0.15, 0.2) is 0 Å². The molecular weight excluding hydrogens is 142 g/mol. The summed E-state index contributed by atoms with van der Waals surface area (Å²) in [6.45, 7) is 1.45. The fourth-order valence-electron chi connectivity index (χ4n) is 0.388. The molecule has 0 radical (unpaired) electrons. The van der Waals surface area contributed by atoms with Crippen molar-refractivity contribution in [2.45, 2.75) is 19.4 Å². The van der Waals surface area contributed by atoms with Crippen molar-refractivity contribution < 1.29 is 19.8 Å². The van der Waals surface area contributed by atoms with Crippen LogP contribution in [0.5, 0.6) is 0 Å². The third-order valence-corrected chi connectivity index (χ3v) is 0.847. The van der Waals surface area contributed by atoms with Crippen molar-refractivity contribution in [1.82, 2.24) is 0 Å². The molecule has 0 aromatic rings. The first kappa shape index (κ1) is 8.67. The van der Waals surface area contributed by atoms with E-state index >= 15 is 0 Å². The van der Waals surface area contributed by atoms with E-state index in [4.69, 9.17) is 0 Å². The van der Waals surface area contributed by atoms with Gasteiger partial charge in [-0.3, -0.25) is 0 Å². The normalized spacial score (nSPS) is 12.1. The number of carbonyl (C=O) groups excluding carboxylic acids is 1. The molecular formula is C4H6NO5-.